The Morgan fingerprint density at radius 2 is 1.67 bits per heavy atom. The van der Waals surface area contributed by atoms with Crippen molar-refractivity contribution in [2.45, 2.75) is 90.8 Å². The summed E-state index contributed by atoms with van der Waals surface area (Å²) in [4.78, 5) is 18.1. The summed E-state index contributed by atoms with van der Waals surface area (Å²) < 4.78 is 0. The van der Waals surface area contributed by atoms with Gasteiger partial charge in [-0.1, -0.05) is 20.3 Å². The van der Waals surface area contributed by atoms with Gasteiger partial charge in [-0.3, -0.25) is 9.63 Å². The van der Waals surface area contributed by atoms with E-state index in [0.717, 1.165) is 19.3 Å². The fourth-order valence-electron chi connectivity index (χ4n) is 3.08. The highest BCUT2D eigenvalue weighted by Crippen LogP contribution is 2.37. The normalized spacial score (nSPS) is 25.1. The van der Waals surface area contributed by atoms with Gasteiger partial charge in [0.15, 0.2) is 0 Å². The number of ketones is 1. The lowest BCUT2D eigenvalue weighted by Crippen LogP contribution is -2.61. The summed E-state index contributed by atoms with van der Waals surface area (Å²) in [7, 11) is 0. The van der Waals surface area contributed by atoms with E-state index in [0.29, 0.717) is 18.6 Å². The molecule has 0 N–H and O–H groups in total. The van der Waals surface area contributed by atoms with E-state index in [-0.39, 0.29) is 17.2 Å². The number of hydrogen-bond donors (Lipinski definition) is 0. The SMILES string of the molecule is CCCC(CC)ON1C(C)(C)CC(=O)CC1(C)C. The van der Waals surface area contributed by atoms with Crippen LogP contribution in [0.1, 0.15) is 73.6 Å². The quantitative estimate of drug-likeness (QED) is 0.750. The van der Waals surface area contributed by atoms with Crippen LogP contribution in [0.25, 0.3) is 0 Å². The second-order valence-corrected chi connectivity index (χ2v) is 6.74. The van der Waals surface area contributed by atoms with Crippen LogP contribution in [0.5, 0.6) is 0 Å². The Hall–Kier alpha value is -0.410. The van der Waals surface area contributed by atoms with Crippen molar-refractivity contribution in [3.8, 4) is 0 Å². The summed E-state index contributed by atoms with van der Waals surface area (Å²) in [6.07, 6.45) is 4.66. The minimum Gasteiger partial charge on any atom is -0.300 e. The largest absolute Gasteiger partial charge is 0.300 e. The van der Waals surface area contributed by atoms with Gasteiger partial charge in [-0.2, -0.15) is 5.06 Å². The van der Waals surface area contributed by atoms with Crippen molar-refractivity contribution in [1.82, 2.24) is 5.06 Å². The molecule has 0 spiro atoms. The molecule has 1 aliphatic rings. The molecule has 0 amide bonds. The van der Waals surface area contributed by atoms with Crippen LogP contribution in [0, 0.1) is 0 Å². The minimum atomic E-state index is -0.208. The summed E-state index contributed by atoms with van der Waals surface area (Å²) in [6.45, 7) is 12.8. The van der Waals surface area contributed by atoms with Gasteiger partial charge in [-0.05, 0) is 40.5 Å². The number of nitrogens with zero attached hydrogens (tertiary/aromatic N) is 1. The van der Waals surface area contributed by atoms with Crippen LogP contribution in [-0.4, -0.2) is 28.0 Å². The lowest BCUT2D eigenvalue weighted by molar-refractivity contribution is -0.299. The van der Waals surface area contributed by atoms with E-state index < -0.39 is 0 Å². The van der Waals surface area contributed by atoms with Crippen LogP contribution in [0.15, 0.2) is 0 Å². The van der Waals surface area contributed by atoms with E-state index in [1.165, 1.54) is 0 Å². The number of rotatable bonds is 5. The zero-order valence-corrected chi connectivity index (χ0v) is 12.9. The van der Waals surface area contributed by atoms with Crippen molar-refractivity contribution in [3.05, 3.63) is 0 Å². The Kier molecular flexibility index (Phi) is 4.96. The number of carbonyl (C=O) groups excluding carboxylic acids is 1. The first-order valence-corrected chi connectivity index (χ1v) is 7.21. The first-order chi connectivity index (χ1) is 8.23. The third-order valence-electron chi connectivity index (χ3n) is 3.68. The van der Waals surface area contributed by atoms with Gasteiger partial charge in [0.1, 0.15) is 5.78 Å². The van der Waals surface area contributed by atoms with Gasteiger partial charge in [-0.15, -0.1) is 0 Å². The van der Waals surface area contributed by atoms with E-state index in [4.69, 9.17) is 4.84 Å². The first-order valence-electron chi connectivity index (χ1n) is 7.21. The van der Waals surface area contributed by atoms with E-state index in [9.17, 15) is 4.79 Å². The number of piperidine rings is 1. The van der Waals surface area contributed by atoms with Crippen LogP contribution >= 0.6 is 0 Å². The van der Waals surface area contributed by atoms with E-state index in [1.807, 2.05) is 0 Å². The Morgan fingerprint density at radius 1 is 1.17 bits per heavy atom. The molecule has 1 rings (SSSR count). The maximum Gasteiger partial charge on any atom is 0.136 e. The molecule has 3 nitrogen and oxygen atoms in total. The first kappa shape index (κ1) is 15.6. The van der Waals surface area contributed by atoms with Gasteiger partial charge < -0.3 is 0 Å². The predicted molar refractivity (Wildman–Crippen MR) is 74.3 cm³/mol. The highest BCUT2D eigenvalue weighted by atomic mass is 16.7. The second kappa shape index (κ2) is 5.70. The predicted octanol–water partition coefficient (Wildman–Crippen LogP) is 3.72. The molecule has 1 atom stereocenters. The van der Waals surface area contributed by atoms with Gasteiger partial charge in [0.25, 0.3) is 0 Å². The van der Waals surface area contributed by atoms with Crippen molar-refractivity contribution in [2.24, 2.45) is 0 Å². The standard InChI is InChI=1S/C15H29NO2/c1-7-9-13(8-2)18-16-14(3,4)10-12(17)11-15(16,5)6/h13H,7-11H2,1-6H3. The van der Waals surface area contributed by atoms with Crippen LogP contribution < -0.4 is 0 Å². The Bertz CT molecular complexity index is 277. The molecule has 0 aromatic carbocycles. The monoisotopic (exact) mass is 255 g/mol. The fraction of sp³-hybridized carbons (Fsp3) is 0.933. The minimum absolute atomic E-state index is 0.208. The van der Waals surface area contributed by atoms with Crippen molar-refractivity contribution in [1.29, 1.82) is 0 Å². The molecule has 18 heavy (non-hydrogen) atoms. The van der Waals surface area contributed by atoms with Crippen molar-refractivity contribution < 1.29 is 9.63 Å². The molecule has 1 heterocycles. The van der Waals surface area contributed by atoms with Gasteiger partial charge >= 0.3 is 0 Å². The Balaban J connectivity index is 2.85. The Morgan fingerprint density at radius 3 is 2.06 bits per heavy atom. The number of hydrogen-bond acceptors (Lipinski definition) is 3. The van der Waals surface area contributed by atoms with Crippen molar-refractivity contribution in [3.63, 3.8) is 0 Å². The summed E-state index contributed by atoms with van der Waals surface area (Å²) >= 11 is 0. The van der Waals surface area contributed by atoms with Crippen molar-refractivity contribution in [2.75, 3.05) is 0 Å². The summed E-state index contributed by atoms with van der Waals surface area (Å²) in [5.74, 6) is 0.341. The zero-order valence-electron chi connectivity index (χ0n) is 12.9. The smallest absolute Gasteiger partial charge is 0.136 e. The van der Waals surface area contributed by atoms with E-state index >= 15 is 0 Å². The lowest BCUT2D eigenvalue weighted by Gasteiger charge is -2.51. The summed E-state index contributed by atoms with van der Waals surface area (Å²) in [5.41, 5.74) is -0.417. The molecule has 3 heteroatoms. The molecule has 1 fully saturated rings. The summed E-state index contributed by atoms with van der Waals surface area (Å²) in [5, 5.41) is 2.09. The van der Waals surface area contributed by atoms with Crippen LogP contribution in [-0.2, 0) is 9.63 Å². The number of carbonyl (C=O) groups is 1. The average Bonchev–Trinajstić information content (AvgIpc) is 2.19. The fourth-order valence-corrected chi connectivity index (χ4v) is 3.08. The maximum absolute atomic E-state index is 11.8. The third-order valence-corrected chi connectivity index (χ3v) is 3.68. The third kappa shape index (κ3) is 3.55. The lowest BCUT2D eigenvalue weighted by atomic mass is 9.81. The van der Waals surface area contributed by atoms with Crippen LogP contribution in [0.4, 0.5) is 0 Å². The van der Waals surface area contributed by atoms with E-state index in [2.05, 4.69) is 46.6 Å². The topological polar surface area (TPSA) is 29.5 Å². The second-order valence-electron chi connectivity index (χ2n) is 6.74. The van der Waals surface area contributed by atoms with Gasteiger partial charge in [0.2, 0.25) is 0 Å². The Labute approximate surface area is 112 Å². The number of hydroxylamine groups is 2. The molecule has 1 saturated heterocycles. The van der Waals surface area contributed by atoms with Gasteiger partial charge in [0.05, 0.1) is 6.10 Å². The maximum atomic E-state index is 11.8. The number of Topliss-reactive ketones (excluding diaryl/α,β-unsaturated/α-hetero) is 1. The molecule has 1 aliphatic heterocycles. The van der Waals surface area contributed by atoms with Crippen molar-refractivity contribution >= 4 is 5.78 Å². The molecule has 0 radical (unpaired) electrons. The van der Waals surface area contributed by atoms with Gasteiger partial charge in [0, 0.05) is 23.9 Å². The highest BCUT2D eigenvalue weighted by molar-refractivity contribution is 5.81. The molecular formula is C15H29NO2. The molecule has 0 aromatic heterocycles. The highest BCUT2D eigenvalue weighted by Gasteiger charge is 2.46. The zero-order chi connectivity index (χ0) is 14.0. The molecule has 1 unspecified atom stereocenters. The summed E-state index contributed by atoms with van der Waals surface area (Å²) in [6, 6.07) is 0. The van der Waals surface area contributed by atoms with E-state index in [1.54, 1.807) is 0 Å². The molecule has 0 aromatic rings. The van der Waals surface area contributed by atoms with Gasteiger partial charge in [-0.25, -0.2) is 0 Å². The van der Waals surface area contributed by atoms with Crippen LogP contribution in [0.2, 0.25) is 0 Å². The molecule has 106 valence electrons. The molecular weight excluding hydrogens is 226 g/mol. The molecule has 0 bridgehead atoms. The van der Waals surface area contributed by atoms with Crippen LogP contribution in [0.3, 0.4) is 0 Å². The molecule has 0 saturated carbocycles. The molecule has 0 aliphatic carbocycles. The average molecular weight is 255 g/mol.